The first kappa shape index (κ1) is 78.5. The van der Waals surface area contributed by atoms with E-state index in [0.29, 0.717) is 41.5 Å². The van der Waals surface area contributed by atoms with Crippen molar-refractivity contribution in [2.75, 3.05) is 54.2 Å². The van der Waals surface area contributed by atoms with E-state index in [0.717, 1.165) is 67.8 Å². The zero-order chi connectivity index (χ0) is 64.5. The van der Waals surface area contributed by atoms with Crippen molar-refractivity contribution in [1.29, 1.82) is 0 Å². The van der Waals surface area contributed by atoms with Gasteiger partial charge in [0, 0.05) is 53.3 Å². The smallest absolute Gasteiger partial charge is 0.200 e. The Kier molecular flexibility index (Phi) is 32.6. The van der Waals surface area contributed by atoms with Crippen molar-refractivity contribution in [1.82, 2.24) is 0 Å². The van der Waals surface area contributed by atoms with E-state index < -0.39 is 25.0 Å². The van der Waals surface area contributed by atoms with Crippen LogP contribution in [0.3, 0.4) is 0 Å². The molecule has 1 aromatic carbocycles. The fraction of sp³-hybridized carbons (Fsp3) is 0.829. The van der Waals surface area contributed by atoms with Gasteiger partial charge in [-0.1, -0.05) is 140 Å². The van der Waals surface area contributed by atoms with E-state index in [1.54, 1.807) is 28.4 Å². The van der Waals surface area contributed by atoms with Crippen molar-refractivity contribution in [3.63, 3.8) is 0 Å². The Hall–Kier alpha value is -0.769. The second-order valence-electron chi connectivity index (χ2n) is 29.8. The van der Waals surface area contributed by atoms with Gasteiger partial charge in [-0.15, -0.1) is 30.1 Å². The largest absolute Gasteiger partial charge is 0.497 e. The molecule has 15 heteroatoms. The van der Waals surface area contributed by atoms with E-state index >= 15 is 0 Å². The highest BCUT2D eigenvalue weighted by atomic mass is 32.2. The predicted octanol–water partition coefficient (Wildman–Crippen LogP) is 19.5. The van der Waals surface area contributed by atoms with E-state index in [2.05, 4.69) is 204 Å². The monoisotopic (exact) mass is 1280 g/mol. The molecule has 1 aliphatic carbocycles. The van der Waals surface area contributed by atoms with Crippen molar-refractivity contribution in [2.45, 2.75) is 288 Å². The van der Waals surface area contributed by atoms with E-state index in [4.69, 9.17) is 46.4 Å². The summed E-state index contributed by atoms with van der Waals surface area (Å²) in [6.07, 6.45) is 14.6. The lowest BCUT2D eigenvalue weighted by atomic mass is 9.82. The van der Waals surface area contributed by atoms with Gasteiger partial charge in [0.15, 0.2) is 22.9 Å². The second-order valence-corrected chi connectivity index (χ2v) is 47.8. The zero-order valence-corrected chi connectivity index (χ0v) is 64.0. The summed E-state index contributed by atoms with van der Waals surface area (Å²) in [5.41, 5.74) is 5.38. The van der Waals surface area contributed by atoms with Gasteiger partial charge in [-0.3, -0.25) is 0 Å². The number of methoxy groups -OCH3 is 6. The summed E-state index contributed by atoms with van der Waals surface area (Å²) in [6.45, 7) is 54.5. The summed E-state index contributed by atoms with van der Waals surface area (Å²) in [5, 5.41) is 0.0183. The summed E-state index contributed by atoms with van der Waals surface area (Å²) < 4.78 is 66.3. The molecule has 1 aliphatic heterocycles. The molecule has 1 heterocycles. The van der Waals surface area contributed by atoms with Crippen molar-refractivity contribution in [3.8, 4) is 5.75 Å². The van der Waals surface area contributed by atoms with Gasteiger partial charge < -0.3 is 46.4 Å². The van der Waals surface area contributed by atoms with Crippen LogP contribution in [0.15, 0.2) is 60.2 Å². The maximum absolute atomic E-state index is 7.88. The molecule has 494 valence electrons. The summed E-state index contributed by atoms with van der Waals surface area (Å²) in [4.78, 5) is 0. The van der Waals surface area contributed by atoms with Gasteiger partial charge in [-0.05, 0) is 171 Å². The van der Waals surface area contributed by atoms with Gasteiger partial charge >= 0.3 is 0 Å². The first-order chi connectivity index (χ1) is 39.6. The van der Waals surface area contributed by atoms with Gasteiger partial charge in [0.05, 0.1) is 60.5 Å². The van der Waals surface area contributed by atoms with E-state index in [1.807, 2.05) is 26.4 Å². The van der Waals surface area contributed by atoms with Crippen LogP contribution in [0.2, 0.25) is 52.9 Å². The van der Waals surface area contributed by atoms with Crippen LogP contribution in [0, 0.1) is 29.6 Å². The van der Waals surface area contributed by atoms with Crippen LogP contribution in [-0.4, -0.2) is 132 Å². The number of allylic oxidation sites excluding steroid dienone is 3. The number of hydrogen-bond acceptors (Lipinski definition) is 12. The molecule has 0 spiro atoms. The van der Waals surface area contributed by atoms with Crippen molar-refractivity contribution in [2.24, 2.45) is 29.6 Å². The molecule has 0 amide bonds. The molecular weight excluding hydrogens is 1150 g/mol. The molecule has 0 radical (unpaired) electrons. The number of benzene rings is 1. The maximum Gasteiger partial charge on any atom is 0.200 e. The lowest BCUT2D eigenvalue weighted by Crippen LogP contribution is -2.53. The van der Waals surface area contributed by atoms with Crippen molar-refractivity contribution < 1.29 is 46.4 Å². The van der Waals surface area contributed by atoms with Crippen molar-refractivity contribution in [3.05, 3.63) is 65.8 Å². The maximum atomic E-state index is 7.88. The average molecular weight is 1280 g/mol. The lowest BCUT2D eigenvalue weighted by molar-refractivity contribution is -0.152. The number of hydrogen-bond donors (Lipinski definition) is 0. The van der Waals surface area contributed by atoms with Crippen LogP contribution in [-0.2, 0) is 48.3 Å². The minimum absolute atomic E-state index is 0.00201. The minimum Gasteiger partial charge on any atom is -0.497 e. The van der Waals surface area contributed by atoms with Crippen LogP contribution in [0.5, 0.6) is 5.75 Å². The predicted molar refractivity (Wildman–Crippen MR) is 373 cm³/mol. The summed E-state index contributed by atoms with van der Waals surface area (Å²) >= 11 is 4.31. The molecule has 0 N–H and O–H groups in total. The van der Waals surface area contributed by atoms with E-state index in [9.17, 15) is 0 Å². The zero-order valence-electron chi connectivity index (χ0n) is 59.4. The third kappa shape index (κ3) is 21.9. The van der Waals surface area contributed by atoms with Gasteiger partial charge in [-0.2, -0.15) is 0 Å². The highest BCUT2D eigenvalue weighted by Crippen LogP contribution is 2.55. The third-order valence-electron chi connectivity index (χ3n) is 20.4. The van der Waals surface area contributed by atoms with Crippen LogP contribution in [0.25, 0.3) is 0 Å². The number of thioether (sulfide) groups is 2. The SMILES string of the molecule is C=CC[C@H](/C=C(\C)C[C@H](C)C[C@H](OC)[C@@H](O[Si](C)(C)C(C)(C)C)[C@H](C[C@@H](C)C(OC)OC)OC)[C@@H](CC1([C@@H](C)[C@H](OCc2ccc(OC)cc2)/C(C)=C/[C@@H]2CC[C@@H](O[Si](C(C)C)(C(C)C)C(C)C)[C@H](OC)C2)SCCCS1)O[Si](C)(C)C(C)(C)C. The first-order valence-corrected chi connectivity index (χ1v) is 42.7. The molecule has 2 aliphatic rings. The molecule has 3 rings (SSSR count). The molecule has 10 nitrogen and oxygen atoms in total. The minimum atomic E-state index is -2.31. The molecule has 0 aromatic heterocycles. The second kappa shape index (κ2) is 35.3. The quantitative estimate of drug-likeness (QED) is 0.0361. The fourth-order valence-electron chi connectivity index (χ4n) is 13.5. The number of ether oxygens (including phenoxy) is 7. The van der Waals surface area contributed by atoms with Crippen LogP contribution < -0.4 is 4.74 Å². The average Bonchev–Trinajstić information content (AvgIpc) is 1.53. The molecule has 1 saturated carbocycles. The highest BCUT2D eigenvalue weighted by Gasteiger charge is 2.51. The van der Waals surface area contributed by atoms with Crippen molar-refractivity contribution >= 4 is 48.5 Å². The molecule has 85 heavy (non-hydrogen) atoms. The Morgan fingerprint density at radius 1 is 0.706 bits per heavy atom. The molecule has 2 fully saturated rings. The molecule has 1 saturated heterocycles. The van der Waals surface area contributed by atoms with Gasteiger partial charge in [-0.25, -0.2) is 0 Å². The molecular formula is C70H130O10S2Si3. The summed E-state index contributed by atoms with van der Waals surface area (Å²) in [6, 6.07) is 8.38. The van der Waals surface area contributed by atoms with E-state index in [-0.39, 0.29) is 80.9 Å². The Balaban J connectivity index is 2.16. The van der Waals surface area contributed by atoms with Crippen LogP contribution >= 0.6 is 23.5 Å². The third-order valence-corrected chi connectivity index (χ3v) is 39.2. The molecule has 0 bridgehead atoms. The Bertz CT molecular complexity index is 2110. The Morgan fingerprint density at radius 3 is 1.73 bits per heavy atom. The lowest BCUT2D eigenvalue weighted by Gasteiger charge is -2.49. The van der Waals surface area contributed by atoms with Crippen LogP contribution in [0.1, 0.15) is 181 Å². The van der Waals surface area contributed by atoms with Gasteiger partial charge in [0.1, 0.15) is 5.75 Å². The Morgan fingerprint density at radius 2 is 1.25 bits per heavy atom. The highest BCUT2D eigenvalue weighted by molar-refractivity contribution is 8.18. The Labute approximate surface area is 535 Å². The summed E-state index contributed by atoms with van der Waals surface area (Å²) in [5.74, 6) is 4.05. The van der Waals surface area contributed by atoms with Crippen LogP contribution in [0.4, 0.5) is 0 Å². The first-order valence-electron chi connectivity index (χ1n) is 32.7. The van der Waals surface area contributed by atoms with Gasteiger partial charge in [0.2, 0.25) is 8.32 Å². The standard InChI is InChI=1S/C70H130O10S2Si3/c1-29-31-58(41-51(8)40-52(9)42-62(73-21)66(80-84(27,28)69(16,17)18)63(74-22)44-54(11)67(75-23)76-24)64(78-83(25,26)68(13,14)15)46-70(81-38-30-39-82-70)55(12)65(77-47-56-32-35-59(71-19)36-33-56)53(10)43-57-34-37-60(61(45-57)72-20)79-85(48(2)3,49(4)5)50(6)7/h29,32-33,35-36,41,43,48-50,52,54-55,57-58,60-67H,1,30-31,34,37-40,42,44-47H2,2-28H3/b51-41+,53-43+/t52-,54+,55-,57-,58+,60+,61+,62-,63-,64+,65+,66+/m0/s1. The molecule has 12 atom stereocenters. The summed E-state index contributed by atoms with van der Waals surface area (Å²) in [7, 11) is 3.99. The normalized spacial score (nSPS) is 22.3. The topological polar surface area (TPSA) is 92.3 Å². The van der Waals surface area contributed by atoms with Gasteiger partial charge in [0.25, 0.3) is 0 Å². The fourth-order valence-corrected chi connectivity index (χ4v) is 25.5. The number of rotatable bonds is 37. The van der Waals surface area contributed by atoms with E-state index in [1.165, 1.54) is 17.6 Å². The molecule has 1 aromatic rings. The molecule has 0 unspecified atom stereocenters.